The third-order valence-electron chi connectivity index (χ3n) is 19.2. The Morgan fingerprint density at radius 3 is 2.00 bits per heavy atom. The zero-order chi connectivity index (χ0) is 60.4. The minimum Gasteiger partial charge on any atom is -0.481 e. The summed E-state index contributed by atoms with van der Waals surface area (Å²) in [5.41, 5.74) is 4.55. The first kappa shape index (κ1) is 64.6. The topological polar surface area (TPSA) is 219 Å². The Bertz CT molecular complexity index is 2610. The van der Waals surface area contributed by atoms with Crippen LogP contribution >= 0.6 is 0 Å². The summed E-state index contributed by atoms with van der Waals surface area (Å²) >= 11 is 0. The fourth-order valence-corrected chi connectivity index (χ4v) is 15.2. The molecule has 16 heteroatoms. The lowest BCUT2D eigenvalue weighted by molar-refractivity contribution is -0.155. The van der Waals surface area contributed by atoms with Crippen LogP contribution in [0.5, 0.6) is 0 Å². The maximum atomic E-state index is 14.0. The van der Waals surface area contributed by atoms with Gasteiger partial charge >= 0.3 is 24.1 Å². The maximum absolute atomic E-state index is 14.0. The summed E-state index contributed by atoms with van der Waals surface area (Å²) in [7, 11) is 0. The summed E-state index contributed by atoms with van der Waals surface area (Å²) in [4.78, 5) is 94.8. The molecule has 5 aliphatic carbocycles. The number of allylic oxidation sites excluding steroid dienone is 1. The van der Waals surface area contributed by atoms with Gasteiger partial charge in [-0.15, -0.1) is 0 Å². The first-order valence-electron chi connectivity index (χ1n) is 31.3. The number of esters is 1. The fraction of sp³-hybridized carbons (Fsp3) is 0.687. The number of alkyl carbamates (subject to hydrolysis) is 1. The average Bonchev–Trinajstić information content (AvgIpc) is 4.02. The highest BCUT2D eigenvalue weighted by atomic mass is 16.6. The third-order valence-corrected chi connectivity index (χ3v) is 19.2. The van der Waals surface area contributed by atoms with E-state index in [1.807, 2.05) is 74.2 Å². The molecule has 458 valence electrons. The third kappa shape index (κ3) is 16.7. The number of aliphatic carboxylic acids is 1. The van der Waals surface area contributed by atoms with Crippen molar-refractivity contribution in [2.75, 3.05) is 26.2 Å². The molecule has 0 heterocycles. The minimum atomic E-state index is -1.42. The number of carbonyl (C=O) groups is 7. The van der Waals surface area contributed by atoms with Crippen molar-refractivity contribution in [1.82, 2.24) is 26.2 Å². The number of hydrogen-bond acceptors (Lipinski definition) is 10. The number of fused-ring (bicyclic) bond motifs is 8. The maximum Gasteiger partial charge on any atom is 0.410 e. The van der Waals surface area contributed by atoms with Gasteiger partial charge in [-0.2, -0.15) is 0 Å². The van der Waals surface area contributed by atoms with Crippen LogP contribution < -0.4 is 21.3 Å². The summed E-state index contributed by atoms with van der Waals surface area (Å²) in [6.45, 7) is 23.6. The van der Waals surface area contributed by atoms with Gasteiger partial charge in [-0.25, -0.2) is 9.59 Å². The van der Waals surface area contributed by atoms with Crippen LogP contribution in [0.2, 0.25) is 0 Å². The number of carbonyl (C=O) groups excluding carboxylic acids is 6. The predicted octanol–water partition coefficient (Wildman–Crippen LogP) is 12.0. The monoisotopic (exact) mass is 1150 g/mol. The first-order valence-corrected chi connectivity index (χ1v) is 31.3. The van der Waals surface area contributed by atoms with Crippen LogP contribution in [0, 0.1) is 46.3 Å². The number of nitrogens with zero attached hydrogens (tertiary/aromatic N) is 1. The summed E-state index contributed by atoms with van der Waals surface area (Å²) in [5.74, 6) is 0.490. The van der Waals surface area contributed by atoms with Crippen molar-refractivity contribution in [2.24, 2.45) is 46.3 Å². The van der Waals surface area contributed by atoms with E-state index in [-0.39, 0.29) is 74.8 Å². The van der Waals surface area contributed by atoms with E-state index in [2.05, 4.69) is 62.0 Å². The molecule has 0 aliphatic heterocycles. The van der Waals surface area contributed by atoms with Crippen LogP contribution in [-0.4, -0.2) is 107 Å². The molecule has 0 spiro atoms. The van der Waals surface area contributed by atoms with Crippen molar-refractivity contribution in [3.05, 3.63) is 71.3 Å². The Balaban J connectivity index is 0.917. The summed E-state index contributed by atoms with van der Waals surface area (Å²) < 4.78 is 17.1. The van der Waals surface area contributed by atoms with Crippen molar-refractivity contribution in [1.29, 1.82) is 0 Å². The van der Waals surface area contributed by atoms with Gasteiger partial charge < -0.3 is 45.5 Å². The quantitative estimate of drug-likeness (QED) is 0.0272. The molecule has 0 saturated heterocycles. The Kier molecular flexibility index (Phi) is 21.7. The first-order chi connectivity index (χ1) is 39.2. The van der Waals surface area contributed by atoms with Crippen molar-refractivity contribution in [3.8, 4) is 11.1 Å². The number of rotatable bonds is 25. The van der Waals surface area contributed by atoms with E-state index in [0.29, 0.717) is 30.2 Å². The zero-order valence-corrected chi connectivity index (χ0v) is 51.8. The van der Waals surface area contributed by atoms with Gasteiger partial charge in [0, 0.05) is 50.9 Å². The second-order valence-corrected chi connectivity index (χ2v) is 27.7. The number of carboxylic acid groups (broad SMARTS) is 1. The summed E-state index contributed by atoms with van der Waals surface area (Å²) in [5, 5.41) is 20.3. The number of ether oxygens (including phenoxy) is 3. The van der Waals surface area contributed by atoms with E-state index in [9.17, 15) is 38.7 Å². The Morgan fingerprint density at radius 2 is 1.35 bits per heavy atom. The van der Waals surface area contributed by atoms with Gasteiger partial charge in [0.1, 0.15) is 29.9 Å². The number of amides is 5. The highest BCUT2D eigenvalue weighted by molar-refractivity contribution is 5.92. The molecule has 16 nitrogen and oxygen atoms in total. The van der Waals surface area contributed by atoms with E-state index in [1.54, 1.807) is 20.8 Å². The molecule has 0 bridgehead atoms. The number of benzene rings is 2. The molecule has 5 amide bonds. The number of carboxylic acids is 1. The molecule has 3 fully saturated rings. The molecule has 10 atom stereocenters. The Hall–Kier alpha value is -5.93. The highest BCUT2D eigenvalue weighted by Gasteiger charge is 2.59. The smallest absolute Gasteiger partial charge is 0.410 e. The van der Waals surface area contributed by atoms with E-state index in [4.69, 9.17) is 14.2 Å². The second-order valence-electron chi connectivity index (χ2n) is 27.7. The summed E-state index contributed by atoms with van der Waals surface area (Å²) in [6.07, 6.45) is 13.5. The molecular formula is C67H99N5O11. The lowest BCUT2D eigenvalue weighted by atomic mass is 9.46. The van der Waals surface area contributed by atoms with Crippen LogP contribution in [0.4, 0.5) is 9.59 Å². The normalized spacial score (nSPS) is 24.7. The van der Waals surface area contributed by atoms with Crippen LogP contribution in [0.3, 0.4) is 0 Å². The van der Waals surface area contributed by atoms with E-state index < -0.39 is 59.6 Å². The van der Waals surface area contributed by atoms with Crippen LogP contribution in [0.15, 0.2) is 60.2 Å². The standard InChI is InChI=1S/C67H99N5O11/c1-42(2)18-16-19-43(3)52-26-27-53-50-25-24-44-40-45(32-35-66(44,10)54(50)33-36-67(52,53)11)72(63(80)83-65(7,8)9)39-17-37-68-57(73)34-38-69-60(77)55(29-31-59(76)82-64(4,5)6)70-61(78)56(28-30-58(74)75)71-62(79)81-41-51-48-22-14-12-20-46(48)47-21-13-15-23-49(47)51/h12-15,20-24,42-43,45,50-56H,16-19,25-41H2,1-11H3,(H,68,73)(H,69,77)(H,70,78)(H,71,79)(H,74,75)/t43-,45+,50+,52-,53+,54+,55+,56+,66+,67-/m1/s1. The zero-order valence-electron chi connectivity index (χ0n) is 51.8. The van der Waals surface area contributed by atoms with Crippen LogP contribution in [0.25, 0.3) is 11.1 Å². The molecule has 83 heavy (non-hydrogen) atoms. The second kappa shape index (κ2) is 27.8. The van der Waals surface area contributed by atoms with Gasteiger partial charge in [-0.05, 0) is 181 Å². The van der Waals surface area contributed by atoms with E-state index in [1.165, 1.54) is 50.5 Å². The van der Waals surface area contributed by atoms with Crippen molar-refractivity contribution in [3.63, 3.8) is 0 Å². The van der Waals surface area contributed by atoms with Crippen LogP contribution in [0.1, 0.15) is 202 Å². The van der Waals surface area contributed by atoms with Crippen molar-refractivity contribution >= 4 is 41.8 Å². The Labute approximate surface area is 494 Å². The van der Waals surface area contributed by atoms with Gasteiger partial charge in [0.25, 0.3) is 0 Å². The van der Waals surface area contributed by atoms with Gasteiger partial charge in [-0.1, -0.05) is 114 Å². The lowest BCUT2D eigenvalue weighted by Gasteiger charge is -2.59. The highest BCUT2D eigenvalue weighted by Crippen LogP contribution is 2.67. The number of nitrogens with one attached hydrogen (secondary N) is 4. The molecule has 0 radical (unpaired) electrons. The van der Waals surface area contributed by atoms with Gasteiger partial charge in [-0.3, -0.25) is 24.0 Å². The molecule has 2 aromatic carbocycles. The lowest BCUT2D eigenvalue weighted by Crippen LogP contribution is -2.54. The molecule has 3 saturated carbocycles. The summed E-state index contributed by atoms with van der Waals surface area (Å²) in [6, 6.07) is 12.9. The molecule has 5 aliphatic rings. The molecular weight excluding hydrogens is 1050 g/mol. The van der Waals surface area contributed by atoms with Crippen molar-refractivity contribution < 1.29 is 52.9 Å². The van der Waals surface area contributed by atoms with E-state index >= 15 is 0 Å². The average molecular weight is 1150 g/mol. The van der Waals surface area contributed by atoms with Gasteiger partial charge in [0.15, 0.2) is 0 Å². The number of hydrogen-bond donors (Lipinski definition) is 5. The van der Waals surface area contributed by atoms with E-state index in [0.717, 1.165) is 71.6 Å². The molecule has 0 unspecified atom stereocenters. The van der Waals surface area contributed by atoms with Crippen molar-refractivity contribution in [2.45, 2.75) is 221 Å². The SMILES string of the molecule is CC(C)CCC[C@@H](C)[C@H]1CC[C@H]2[C@@H]3CC=C4C[C@@H](N(CCCNC(=O)CCNC(=O)[C@H](CCC(=O)OC(C)(C)C)NC(=O)[C@H](CCC(=O)O)NC(=O)OCC5c6ccccc6-c6ccccc65)C(=O)OC(C)(C)C)CC[C@]4(C)[C@H]3CC[C@]12C. The van der Waals surface area contributed by atoms with Gasteiger partial charge in [0.05, 0.1) is 0 Å². The van der Waals surface area contributed by atoms with Crippen LogP contribution in [-0.2, 0) is 38.2 Å². The van der Waals surface area contributed by atoms with Gasteiger partial charge in [0.2, 0.25) is 17.7 Å². The molecule has 0 aromatic heterocycles. The molecule has 2 aromatic rings. The predicted molar refractivity (Wildman–Crippen MR) is 321 cm³/mol. The fourth-order valence-electron chi connectivity index (χ4n) is 15.2. The minimum absolute atomic E-state index is 0.0250. The molecule has 7 rings (SSSR count). The molecule has 5 N–H and O–H groups in total. The largest absolute Gasteiger partial charge is 0.481 e. The Morgan fingerprint density at radius 1 is 0.699 bits per heavy atom.